The Morgan fingerprint density at radius 2 is 1.22 bits per heavy atom. The van der Waals surface area contributed by atoms with E-state index < -0.39 is 130 Å². The van der Waals surface area contributed by atoms with Crippen LogP contribution in [0.4, 0.5) is 5.69 Å². The number of para-hydroxylation sites is 2. The number of rotatable bonds is 42. The van der Waals surface area contributed by atoms with Crippen molar-refractivity contribution in [3.63, 3.8) is 0 Å². The van der Waals surface area contributed by atoms with Gasteiger partial charge in [0, 0.05) is 96.7 Å². The van der Waals surface area contributed by atoms with E-state index in [1.807, 2.05) is 66.2 Å². The van der Waals surface area contributed by atoms with Crippen LogP contribution in [0, 0.1) is 0 Å². The van der Waals surface area contributed by atoms with Gasteiger partial charge in [0.15, 0.2) is 0 Å². The first-order valence-electron chi connectivity index (χ1n) is 34.5. The molecule has 1 aromatic heterocycles. The topological polar surface area (TPSA) is 458 Å². The largest absolute Gasteiger partial charge is 0.394 e. The average molecular weight is 1370 g/mol. The first kappa shape index (κ1) is 82.4. The number of hydrogen-bond acceptors (Lipinski definition) is 28. The van der Waals surface area contributed by atoms with Gasteiger partial charge >= 0.3 is 0 Å². The van der Waals surface area contributed by atoms with E-state index in [-0.39, 0.29) is 44.8 Å². The number of H-pyrrole nitrogens is 1. The molecular formula is C65H118N14O17. The number of hydrogen-bond donors (Lipinski definition) is 22. The standard InChI is InChI=1S/C65H118N14O17/c1-6-44-65(96)79(37-43-34-42(18-19-45(43)69-44)64(95)74(5)38-54-70-46-16-12-13-17-47(46)71-54)25-15-11-10-14-24-66-62(93)48(20-22-55(86)67-35-50(82)58(89)60(91)52(84)40-80)73-63(94)49(21-23-56(87)68-36-51(83)59(90)61(92)53(85)41-81)72-57(88)39-78-32-30-76(8-3)28-26-75(7-2)27-29-77(9-4)31-33-78/h12-13,16-19,34,44,48-53,55,58-67,69,73,80-86,89-96H,6-11,14-15,20-33,35-41H2,1-5H3,(H,68,87)(H,70,71)(H,72,88)/t44?,48-,49-,50+,51-,52-,53+,55+,58-,59-,60-,61-,62+,63+,64+,65+/m0/s1. The Morgan fingerprint density at radius 1 is 0.646 bits per heavy atom. The second-order valence-electron chi connectivity index (χ2n) is 25.7. The van der Waals surface area contributed by atoms with Crippen molar-refractivity contribution >= 4 is 28.5 Å². The van der Waals surface area contributed by atoms with Crippen molar-refractivity contribution in [1.82, 2.24) is 66.0 Å². The van der Waals surface area contributed by atoms with Gasteiger partial charge in [0.2, 0.25) is 11.8 Å². The van der Waals surface area contributed by atoms with Gasteiger partial charge in [0.25, 0.3) is 0 Å². The minimum Gasteiger partial charge on any atom is -0.394 e. The Kier molecular flexibility index (Phi) is 37.2. The first-order valence-corrected chi connectivity index (χ1v) is 34.5. The van der Waals surface area contributed by atoms with Crippen LogP contribution in [0.5, 0.6) is 0 Å². The molecule has 1 saturated heterocycles. The summed E-state index contributed by atoms with van der Waals surface area (Å²) in [6.45, 7) is 15.6. The number of carbonyl (C=O) groups excluding carboxylic acids is 2. The smallest absolute Gasteiger partial charge is 0.234 e. The highest BCUT2D eigenvalue weighted by atomic mass is 16.4. The van der Waals surface area contributed by atoms with Crippen LogP contribution < -0.4 is 31.9 Å². The Morgan fingerprint density at radius 3 is 1.80 bits per heavy atom. The van der Waals surface area contributed by atoms with Crippen molar-refractivity contribution in [2.45, 2.75) is 197 Å². The van der Waals surface area contributed by atoms with Crippen molar-refractivity contribution in [3.8, 4) is 0 Å². The highest BCUT2D eigenvalue weighted by Crippen LogP contribution is 2.31. The molecule has 3 aromatic rings. The Hall–Kier alpha value is -4.31. The number of benzene rings is 2. The second-order valence-corrected chi connectivity index (χ2v) is 25.7. The summed E-state index contributed by atoms with van der Waals surface area (Å²) < 4.78 is 0. The zero-order valence-corrected chi connectivity index (χ0v) is 56.9. The molecule has 31 heteroatoms. The molecule has 0 saturated carbocycles. The van der Waals surface area contributed by atoms with E-state index in [0.29, 0.717) is 70.6 Å². The van der Waals surface area contributed by atoms with Crippen LogP contribution in [0.3, 0.4) is 0 Å². The number of fused-ring (bicyclic) bond motifs is 2. The lowest BCUT2D eigenvalue weighted by atomic mass is 10.0. The van der Waals surface area contributed by atoms with Gasteiger partial charge in [-0.05, 0) is 107 Å². The average Bonchev–Trinajstić information content (AvgIpc) is 1.64. The molecule has 31 nitrogen and oxygen atoms in total. The molecule has 5 rings (SSSR count). The van der Waals surface area contributed by atoms with E-state index in [9.17, 15) is 86.2 Å². The maximum Gasteiger partial charge on any atom is 0.234 e. The highest BCUT2D eigenvalue weighted by molar-refractivity contribution is 5.79. The van der Waals surface area contributed by atoms with Gasteiger partial charge in [0.05, 0.1) is 61.6 Å². The fraction of sp³-hybridized carbons (Fsp3) is 0.769. The Balaban J connectivity index is 1.27. The van der Waals surface area contributed by atoms with Gasteiger partial charge in [-0.3, -0.25) is 40.2 Å². The summed E-state index contributed by atoms with van der Waals surface area (Å²) in [6, 6.07) is 11.0. The molecule has 3 heterocycles. The normalized spacial score (nSPS) is 21.6. The minimum absolute atomic E-state index is 0.0703. The third kappa shape index (κ3) is 27.0. The molecular weight excluding hydrogens is 1250 g/mol. The van der Waals surface area contributed by atoms with Crippen molar-refractivity contribution in [3.05, 3.63) is 59.4 Å². The van der Waals surface area contributed by atoms with Crippen molar-refractivity contribution in [2.75, 3.05) is 130 Å². The van der Waals surface area contributed by atoms with Gasteiger partial charge in [-0.15, -0.1) is 0 Å². The van der Waals surface area contributed by atoms with Gasteiger partial charge in [-0.1, -0.05) is 58.7 Å². The fourth-order valence-electron chi connectivity index (χ4n) is 12.0. The summed E-state index contributed by atoms with van der Waals surface area (Å²) in [6.07, 6.45) is -18.3. The van der Waals surface area contributed by atoms with Crippen molar-refractivity contribution < 1.29 is 86.2 Å². The molecule has 96 heavy (non-hydrogen) atoms. The predicted octanol–water partition coefficient (Wildman–Crippen LogP) is -5.02. The zero-order valence-electron chi connectivity index (χ0n) is 56.9. The first-order chi connectivity index (χ1) is 45.9. The number of amides is 2. The molecule has 2 amide bonds. The van der Waals surface area contributed by atoms with Gasteiger partial charge < -0.3 is 112 Å². The van der Waals surface area contributed by atoms with Crippen LogP contribution in [0.15, 0.2) is 42.5 Å². The van der Waals surface area contributed by atoms with Crippen LogP contribution in [-0.2, 0) is 22.7 Å². The molecule has 0 radical (unpaired) electrons. The number of nitrogens with zero attached hydrogens (tertiary/aromatic N) is 7. The van der Waals surface area contributed by atoms with Crippen molar-refractivity contribution in [1.29, 1.82) is 0 Å². The monoisotopic (exact) mass is 1370 g/mol. The maximum atomic E-state index is 14.3. The summed E-state index contributed by atoms with van der Waals surface area (Å²) in [7, 11) is 1.83. The summed E-state index contributed by atoms with van der Waals surface area (Å²) >= 11 is 0. The van der Waals surface area contributed by atoms with E-state index in [2.05, 4.69) is 77.3 Å². The second kappa shape index (κ2) is 43.4. The van der Waals surface area contributed by atoms with E-state index in [4.69, 9.17) is 0 Å². The third-order valence-corrected chi connectivity index (χ3v) is 18.6. The summed E-state index contributed by atoms with van der Waals surface area (Å²) in [5, 5.41) is 176. The number of likely N-dealkylation sites (N-methyl/N-ethyl adjacent to an activating group) is 3. The summed E-state index contributed by atoms with van der Waals surface area (Å²) in [5.74, 6) is -0.436. The number of aromatic amines is 1. The van der Waals surface area contributed by atoms with Gasteiger partial charge in [-0.25, -0.2) is 4.98 Å². The van der Waals surface area contributed by atoms with Crippen LogP contribution in [-0.4, -0.2) is 345 Å². The molecule has 22 N–H and O–H groups in total. The number of carbonyl (C=O) groups is 2. The van der Waals surface area contributed by atoms with Crippen LogP contribution in [0.1, 0.15) is 109 Å². The van der Waals surface area contributed by atoms with E-state index in [0.717, 1.165) is 86.8 Å². The van der Waals surface area contributed by atoms with E-state index in [1.54, 1.807) is 4.90 Å². The van der Waals surface area contributed by atoms with E-state index in [1.165, 1.54) is 0 Å². The molecule has 1 unspecified atom stereocenters. The molecule has 2 aliphatic heterocycles. The molecule has 0 aliphatic carbocycles. The lowest BCUT2D eigenvalue weighted by Crippen LogP contribution is -2.59. The van der Waals surface area contributed by atoms with E-state index >= 15 is 0 Å². The molecule has 550 valence electrons. The van der Waals surface area contributed by atoms with Gasteiger partial charge in [0.1, 0.15) is 73.6 Å². The molecule has 2 aliphatic rings. The SMILES string of the molecule is CCC1Nc2ccc([C@@H](O)N(C)Cc3nc4ccccc4[nH]3)cc2CN(CCCCCCN[C@H](O)[C@H](CC[C@@H](O)NC[C@@H](O)[C@H](O)[C@@H](O)[C@@H](O)CO)N[C@H](O)[C@H](CCC(=O)NC[C@H](O)[C@H](O)[C@@H](O)[C@H](O)CO)NC(=O)CN2CCN(CC)CCN(CC)CCN(CC)CC2)[C@@H]1O. The van der Waals surface area contributed by atoms with Crippen molar-refractivity contribution in [2.24, 2.45) is 0 Å². The summed E-state index contributed by atoms with van der Waals surface area (Å²) in [5.41, 5.74) is 4.26. The predicted molar refractivity (Wildman–Crippen MR) is 361 cm³/mol. The maximum absolute atomic E-state index is 14.3. The molecule has 0 spiro atoms. The number of unbranched alkanes of at least 4 members (excludes halogenated alkanes) is 3. The lowest BCUT2D eigenvalue weighted by molar-refractivity contribution is -0.127. The Labute approximate surface area is 565 Å². The minimum atomic E-state index is -1.94. The summed E-state index contributed by atoms with van der Waals surface area (Å²) in [4.78, 5) is 48.6. The molecule has 16 atom stereocenters. The molecule has 1 fully saturated rings. The number of aromatic nitrogens is 2. The number of imidazole rings is 1. The third-order valence-electron chi connectivity index (χ3n) is 18.6. The number of aliphatic hydroxyl groups excluding tert-OH is 15. The molecule has 0 bridgehead atoms. The number of aliphatic hydroxyl groups is 15. The zero-order chi connectivity index (χ0) is 70.4. The van der Waals surface area contributed by atoms with Crippen LogP contribution in [0.2, 0.25) is 0 Å². The van der Waals surface area contributed by atoms with Gasteiger partial charge in [-0.2, -0.15) is 0 Å². The number of anilines is 1. The van der Waals surface area contributed by atoms with Crippen LogP contribution in [0.25, 0.3) is 11.0 Å². The lowest BCUT2D eigenvalue weighted by Gasteiger charge is -2.34. The molecule has 2 aromatic carbocycles. The highest BCUT2D eigenvalue weighted by Gasteiger charge is 2.35. The quantitative estimate of drug-likeness (QED) is 0.0186. The number of nitrogens with one attached hydrogen (secondary N) is 7. The Bertz CT molecular complexity index is 2590. The fourth-order valence-corrected chi connectivity index (χ4v) is 12.0. The van der Waals surface area contributed by atoms with Crippen LogP contribution >= 0.6 is 0 Å².